The van der Waals surface area contributed by atoms with Gasteiger partial charge in [0.15, 0.2) is 0 Å². The second kappa shape index (κ2) is 5.16. The molecule has 0 unspecified atom stereocenters. The summed E-state index contributed by atoms with van der Waals surface area (Å²) in [5, 5.41) is 4.45. The van der Waals surface area contributed by atoms with Crippen molar-refractivity contribution in [1.29, 1.82) is 0 Å². The number of nitrogens with two attached hydrogens (primary N) is 1. The number of amides is 2. The summed E-state index contributed by atoms with van der Waals surface area (Å²) < 4.78 is 0. The molecule has 5 nitrogen and oxygen atoms in total. The summed E-state index contributed by atoms with van der Waals surface area (Å²) in [6.45, 7) is 0. The van der Waals surface area contributed by atoms with Gasteiger partial charge in [0, 0.05) is 11.1 Å². The number of nitrogens with one attached hydrogen (secondary N) is 1. The lowest BCUT2D eigenvalue weighted by molar-refractivity contribution is 0.0998. The lowest BCUT2D eigenvalue weighted by Crippen LogP contribution is -2.14. The molecule has 2 rings (SSSR count). The van der Waals surface area contributed by atoms with Gasteiger partial charge in [0.25, 0.3) is 5.91 Å². The number of nitrogens with zero attached hydrogens (tertiary/aromatic N) is 1. The molecule has 0 saturated heterocycles. The molecule has 1 aromatic carbocycles. The van der Waals surface area contributed by atoms with Crippen LogP contribution in [0.3, 0.4) is 0 Å². The molecule has 1 aromatic heterocycles. The first-order chi connectivity index (χ1) is 8.58. The molecule has 0 aliphatic rings. The van der Waals surface area contributed by atoms with Crippen LogP contribution in [-0.4, -0.2) is 16.8 Å². The van der Waals surface area contributed by atoms with Crippen molar-refractivity contribution in [3.8, 4) is 0 Å². The number of halogens is 1. The van der Waals surface area contributed by atoms with E-state index >= 15 is 0 Å². The topological polar surface area (TPSA) is 85.1 Å². The zero-order valence-corrected chi connectivity index (χ0v) is 10.6. The molecule has 0 atom stereocenters. The Hall–Kier alpha value is -1.92. The van der Waals surface area contributed by atoms with Crippen LogP contribution in [0, 0.1) is 0 Å². The third kappa shape index (κ3) is 2.66. The van der Waals surface area contributed by atoms with Crippen LogP contribution in [0.4, 0.5) is 5.69 Å². The highest BCUT2D eigenvalue weighted by molar-refractivity contribution is 7.07. The largest absolute Gasteiger partial charge is 0.366 e. The number of thiazole rings is 1. The number of benzene rings is 1. The number of anilines is 1. The summed E-state index contributed by atoms with van der Waals surface area (Å²) in [6, 6.07) is 4.48. The molecule has 0 aliphatic carbocycles. The average Bonchev–Trinajstić information content (AvgIpc) is 2.81. The maximum absolute atomic E-state index is 11.7. The van der Waals surface area contributed by atoms with Crippen molar-refractivity contribution in [2.75, 3.05) is 5.32 Å². The van der Waals surface area contributed by atoms with Crippen molar-refractivity contribution < 1.29 is 9.59 Å². The zero-order chi connectivity index (χ0) is 13.1. The molecule has 0 radical (unpaired) electrons. The summed E-state index contributed by atoms with van der Waals surface area (Å²) in [6.07, 6.45) is 0. The van der Waals surface area contributed by atoms with Gasteiger partial charge in [0.1, 0.15) is 5.69 Å². The lowest BCUT2D eigenvalue weighted by atomic mass is 10.2. The molecule has 0 aliphatic heterocycles. The van der Waals surface area contributed by atoms with Crippen molar-refractivity contribution >= 4 is 40.4 Å². The Morgan fingerprint density at radius 2 is 2.17 bits per heavy atom. The minimum atomic E-state index is -0.614. The fraction of sp³-hybridized carbons (Fsp3) is 0. The minimum absolute atomic E-state index is 0.193. The first kappa shape index (κ1) is 12.5. The summed E-state index contributed by atoms with van der Waals surface area (Å²) in [7, 11) is 0. The third-order valence-corrected chi connectivity index (χ3v) is 3.06. The number of aromatic nitrogens is 1. The van der Waals surface area contributed by atoms with Crippen LogP contribution in [0.15, 0.2) is 29.1 Å². The fourth-order valence-electron chi connectivity index (χ4n) is 1.31. The van der Waals surface area contributed by atoms with Crippen LogP contribution >= 0.6 is 22.9 Å². The van der Waals surface area contributed by atoms with Gasteiger partial charge in [0.05, 0.1) is 16.1 Å². The molecule has 2 amide bonds. The first-order valence-electron chi connectivity index (χ1n) is 4.87. The van der Waals surface area contributed by atoms with Gasteiger partial charge in [-0.15, -0.1) is 11.3 Å². The average molecular weight is 282 g/mol. The highest BCUT2D eigenvalue weighted by atomic mass is 35.5. The molecule has 1 heterocycles. The standard InChI is InChI=1S/C11H8ClN3O2S/c12-8-3-6(1-2-7(8)10(13)16)15-11(17)9-4-18-5-14-9/h1-5H,(H2,13,16)(H,15,17). The Morgan fingerprint density at radius 1 is 1.39 bits per heavy atom. The van der Waals surface area contributed by atoms with Gasteiger partial charge in [-0.1, -0.05) is 11.6 Å². The van der Waals surface area contributed by atoms with Gasteiger partial charge < -0.3 is 11.1 Å². The van der Waals surface area contributed by atoms with Crippen molar-refractivity contribution in [3.05, 3.63) is 45.4 Å². The Morgan fingerprint density at radius 3 is 2.72 bits per heavy atom. The molecule has 7 heteroatoms. The fourth-order valence-corrected chi connectivity index (χ4v) is 2.12. The molecule has 18 heavy (non-hydrogen) atoms. The number of carbonyl (C=O) groups is 2. The van der Waals surface area contributed by atoms with E-state index in [1.807, 2.05) is 0 Å². The molecule has 92 valence electrons. The Bertz CT molecular complexity index is 598. The second-order valence-electron chi connectivity index (χ2n) is 3.39. The van der Waals surface area contributed by atoms with Gasteiger partial charge in [0.2, 0.25) is 5.91 Å². The number of hydrogen-bond acceptors (Lipinski definition) is 4. The van der Waals surface area contributed by atoms with Gasteiger partial charge in [-0.3, -0.25) is 9.59 Å². The van der Waals surface area contributed by atoms with E-state index in [0.717, 1.165) is 0 Å². The van der Waals surface area contributed by atoms with Crippen molar-refractivity contribution in [1.82, 2.24) is 4.98 Å². The summed E-state index contributed by atoms with van der Waals surface area (Å²) in [5.41, 5.74) is 7.71. The van der Waals surface area contributed by atoms with E-state index in [2.05, 4.69) is 10.3 Å². The Balaban J connectivity index is 2.18. The molecule has 2 aromatic rings. The van der Waals surface area contributed by atoms with Crippen molar-refractivity contribution in [2.24, 2.45) is 5.73 Å². The van der Waals surface area contributed by atoms with E-state index in [4.69, 9.17) is 17.3 Å². The first-order valence-corrected chi connectivity index (χ1v) is 6.19. The van der Waals surface area contributed by atoms with Gasteiger partial charge in [-0.25, -0.2) is 4.98 Å². The molecule has 0 saturated carbocycles. The van der Waals surface area contributed by atoms with Gasteiger partial charge in [-0.05, 0) is 18.2 Å². The zero-order valence-electron chi connectivity index (χ0n) is 9.01. The predicted molar refractivity (Wildman–Crippen MR) is 70.0 cm³/mol. The highest BCUT2D eigenvalue weighted by Crippen LogP contribution is 2.21. The summed E-state index contributed by atoms with van der Waals surface area (Å²) in [5.74, 6) is -0.948. The second-order valence-corrected chi connectivity index (χ2v) is 4.51. The normalized spacial score (nSPS) is 10.1. The van der Waals surface area contributed by atoms with E-state index in [0.29, 0.717) is 11.4 Å². The SMILES string of the molecule is NC(=O)c1ccc(NC(=O)c2cscn2)cc1Cl. The maximum Gasteiger partial charge on any atom is 0.275 e. The van der Waals surface area contributed by atoms with Crippen molar-refractivity contribution in [3.63, 3.8) is 0 Å². The van der Waals surface area contributed by atoms with E-state index in [1.54, 1.807) is 17.0 Å². The van der Waals surface area contributed by atoms with Crippen LogP contribution in [0.2, 0.25) is 5.02 Å². The minimum Gasteiger partial charge on any atom is -0.366 e. The molecule has 0 fully saturated rings. The summed E-state index contributed by atoms with van der Waals surface area (Å²) in [4.78, 5) is 26.6. The smallest absolute Gasteiger partial charge is 0.275 e. The van der Waals surface area contributed by atoms with Crippen LogP contribution < -0.4 is 11.1 Å². The van der Waals surface area contributed by atoms with Crippen LogP contribution in [0.1, 0.15) is 20.8 Å². The third-order valence-electron chi connectivity index (χ3n) is 2.16. The molecular formula is C11H8ClN3O2S. The highest BCUT2D eigenvalue weighted by Gasteiger charge is 2.11. The Kier molecular flexibility index (Phi) is 3.59. The maximum atomic E-state index is 11.7. The molecular weight excluding hydrogens is 274 g/mol. The number of primary amides is 1. The van der Waals surface area contributed by atoms with Gasteiger partial charge >= 0.3 is 0 Å². The predicted octanol–water partition coefficient (Wildman–Crippen LogP) is 2.15. The van der Waals surface area contributed by atoms with E-state index in [1.165, 1.54) is 23.5 Å². The number of carbonyl (C=O) groups excluding carboxylic acids is 2. The summed E-state index contributed by atoms with van der Waals surface area (Å²) >= 11 is 7.20. The quantitative estimate of drug-likeness (QED) is 0.904. The number of rotatable bonds is 3. The number of hydrogen-bond donors (Lipinski definition) is 2. The lowest BCUT2D eigenvalue weighted by Gasteiger charge is -2.05. The van der Waals surface area contributed by atoms with E-state index < -0.39 is 5.91 Å². The molecule has 0 spiro atoms. The van der Waals surface area contributed by atoms with E-state index in [-0.39, 0.29) is 16.5 Å². The van der Waals surface area contributed by atoms with Crippen LogP contribution in [0.25, 0.3) is 0 Å². The molecule has 0 bridgehead atoms. The monoisotopic (exact) mass is 281 g/mol. The molecule has 3 N–H and O–H groups in total. The Labute approximate surface area is 112 Å². The van der Waals surface area contributed by atoms with Crippen molar-refractivity contribution in [2.45, 2.75) is 0 Å². The van der Waals surface area contributed by atoms with Gasteiger partial charge in [-0.2, -0.15) is 0 Å². The van der Waals surface area contributed by atoms with Crippen LogP contribution in [-0.2, 0) is 0 Å². The van der Waals surface area contributed by atoms with E-state index in [9.17, 15) is 9.59 Å². The van der Waals surface area contributed by atoms with Crippen LogP contribution in [0.5, 0.6) is 0 Å².